The molecule has 0 unspecified atom stereocenters. The van der Waals surface area contributed by atoms with E-state index in [4.69, 9.17) is 13.9 Å². The van der Waals surface area contributed by atoms with Crippen molar-refractivity contribution in [2.24, 2.45) is 0 Å². The van der Waals surface area contributed by atoms with Crippen LogP contribution in [0.3, 0.4) is 0 Å². The number of hydrogen-bond acceptors (Lipinski definition) is 6. The van der Waals surface area contributed by atoms with Gasteiger partial charge in [-0.15, -0.1) is 0 Å². The number of carbonyl (C=O) groups excluding carboxylic acids is 2. The van der Waals surface area contributed by atoms with Crippen LogP contribution in [0.5, 0.6) is 17.2 Å². The summed E-state index contributed by atoms with van der Waals surface area (Å²) in [6.07, 6.45) is 2.60. The van der Waals surface area contributed by atoms with Gasteiger partial charge in [0.05, 0.1) is 7.11 Å². The van der Waals surface area contributed by atoms with Crippen molar-refractivity contribution in [1.29, 1.82) is 0 Å². The van der Waals surface area contributed by atoms with Crippen molar-refractivity contribution in [2.45, 2.75) is 45.7 Å². The molecule has 5 rings (SSSR count). The molecular formula is C32H36N4O5. The van der Waals surface area contributed by atoms with Crippen LogP contribution in [-0.4, -0.2) is 43.6 Å². The summed E-state index contributed by atoms with van der Waals surface area (Å²) in [5, 5.41) is 9.74. The zero-order valence-electron chi connectivity index (χ0n) is 23.9. The van der Waals surface area contributed by atoms with Crippen LogP contribution in [0.15, 0.2) is 65.1 Å². The molecule has 1 aliphatic heterocycles. The third kappa shape index (κ3) is 6.47. The van der Waals surface area contributed by atoms with E-state index in [1.54, 1.807) is 55.6 Å². The van der Waals surface area contributed by atoms with Crippen molar-refractivity contribution in [3.8, 4) is 17.2 Å². The smallest absolute Gasteiger partial charge is 0.319 e. The molecule has 41 heavy (non-hydrogen) atoms. The normalized spacial score (nSPS) is 13.1. The monoisotopic (exact) mass is 556 g/mol. The third-order valence-electron chi connectivity index (χ3n) is 7.37. The Labute approximate surface area is 239 Å². The summed E-state index contributed by atoms with van der Waals surface area (Å²) in [7, 11) is 3.63. The van der Waals surface area contributed by atoms with Crippen molar-refractivity contribution < 1.29 is 23.5 Å². The number of benzene rings is 3. The number of rotatable bonds is 9. The van der Waals surface area contributed by atoms with Gasteiger partial charge in [-0.05, 0) is 74.5 Å². The van der Waals surface area contributed by atoms with Gasteiger partial charge in [0.15, 0.2) is 11.5 Å². The molecule has 3 aromatic carbocycles. The fourth-order valence-electron chi connectivity index (χ4n) is 4.97. The van der Waals surface area contributed by atoms with E-state index < -0.39 is 0 Å². The molecule has 0 atom stereocenters. The van der Waals surface area contributed by atoms with E-state index in [0.717, 1.165) is 54.6 Å². The van der Waals surface area contributed by atoms with Gasteiger partial charge in [-0.3, -0.25) is 4.79 Å². The van der Waals surface area contributed by atoms with Gasteiger partial charge in [0.25, 0.3) is 5.91 Å². The fourth-order valence-corrected chi connectivity index (χ4v) is 4.97. The molecule has 2 heterocycles. The molecule has 0 bridgehead atoms. The zero-order valence-corrected chi connectivity index (χ0v) is 23.9. The highest BCUT2D eigenvalue weighted by atomic mass is 16.5. The maximum atomic E-state index is 13.0. The molecule has 0 saturated carbocycles. The summed E-state index contributed by atoms with van der Waals surface area (Å²) < 4.78 is 17.5. The molecule has 0 spiro atoms. The molecule has 4 aromatic rings. The van der Waals surface area contributed by atoms with Crippen LogP contribution in [0.1, 0.15) is 48.4 Å². The molecule has 0 aliphatic carbocycles. The average molecular weight is 557 g/mol. The van der Waals surface area contributed by atoms with Gasteiger partial charge >= 0.3 is 6.03 Å². The first kappa shape index (κ1) is 28.0. The number of fused-ring (bicyclic) bond motifs is 3. The van der Waals surface area contributed by atoms with Crippen molar-refractivity contribution in [3.63, 3.8) is 0 Å². The number of amides is 3. The van der Waals surface area contributed by atoms with Crippen molar-refractivity contribution >= 4 is 34.3 Å². The SMILES string of the molecule is CCC(CC)NC(=O)Nc1ccc(Oc2ccc(NC(=O)c3ccc4oc5c(c4c3)CN(C)CC5)cc2)c(OC)c1. The largest absolute Gasteiger partial charge is 0.493 e. The summed E-state index contributed by atoms with van der Waals surface area (Å²) >= 11 is 0. The second kappa shape index (κ2) is 12.3. The first-order valence-electron chi connectivity index (χ1n) is 13.9. The van der Waals surface area contributed by atoms with E-state index in [9.17, 15) is 9.59 Å². The Morgan fingerprint density at radius 3 is 2.44 bits per heavy atom. The second-order valence-corrected chi connectivity index (χ2v) is 10.3. The molecule has 3 amide bonds. The number of methoxy groups -OCH3 is 1. The molecule has 9 heteroatoms. The first-order valence-corrected chi connectivity index (χ1v) is 13.9. The lowest BCUT2D eigenvalue weighted by molar-refractivity contribution is 0.102. The highest BCUT2D eigenvalue weighted by Gasteiger charge is 2.21. The molecule has 214 valence electrons. The van der Waals surface area contributed by atoms with Crippen LogP contribution in [0.25, 0.3) is 11.0 Å². The number of likely N-dealkylation sites (N-methyl/N-ethyl adjacent to an activating group) is 1. The van der Waals surface area contributed by atoms with Crippen LogP contribution < -0.4 is 25.4 Å². The van der Waals surface area contributed by atoms with Crippen molar-refractivity contribution in [1.82, 2.24) is 10.2 Å². The molecule has 1 aromatic heterocycles. The molecule has 0 saturated heterocycles. The molecule has 0 radical (unpaired) electrons. The highest BCUT2D eigenvalue weighted by Crippen LogP contribution is 2.35. The Balaban J connectivity index is 1.22. The van der Waals surface area contributed by atoms with E-state index in [1.807, 2.05) is 26.0 Å². The number of anilines is 2. The predicted molar refractivity (Wildman–Crippen MR) is 160 cm³/mol. The summed E-state index contributed by atoms with van der Waals surface area (Å²) in [6.45, 7) is 5.85. The Hall–Kier alpha value is -4.50. The standard InChI is InChI=1S/C32H36N4O5/c1-5-21(6-2)34-32(38)35-23-10-14-29(30(18-23)39-4)40-24-11-8-22(9-12-24)33-31(37)20-7-13-27-25(17-20)26-19-36(3)16-15-28(26)41-27/h7-14,17-18,21H,5-6,15-16,19H2,1-4H3,(H,33,37)(H2,34,35,38). The van der Waals surface area contributed by atoms with Gasteiger partial charge in [-0.1, -0.05) is 13.8 Å². The number of nitrogens with one attached hydrogen (secondary N) is 3. The number of nitrogens with zero attached hydrogens (tertiary/aromatic N) is 1. The number of furan rings is 1. The minimum absolute atomic E-state index is 0.125. The van der Waals surface area contributed by atoms with Gasteiger partial charge in [0, 0.05) is 59.5 Å². The number of carbonyl (C=O) groups is 2. The van der Waals surface area contributed by atoms with Crippen LogP contribution in [0.4, 0.5) is 16.2 Å². The van der Waals surface area contributed by atoms with E-state index in [0.29, 0.717) is 34.2 Å². The minimum atomic E-state index is -0.260. The number of urea groups is 1. The Bertz CT molecular complexity index is 1540. The van der Waals surface area contributed by atoms with E-state index >= 15 is 0 Å². The van der Waals surface area contributed by atoms with E-state index in [-0.39, 0.29) is 18.0 Å². The maximum absolute atomic E-state index is 13.0. The van der Waals surface area contributed by atoms with E-state index in [1.165, 1.54) is 0 Å². The lowest BCUT2D eigenvalue weighted by atomic mass is 10.0. The molecule has 1 aliphatic rings. The van der Waals surface area contributed by atoms with Crippen molar-refractivity contribution in [3.05, 3.63) is 77.6 Å². The van der Waals surface area contributed by atoms with Crippen LogP contribution in [0.2, 0.25) is 0 Å². The topological polar surface area (TPSA) is 105 Å². The molecular weight excluding hydrogens is 520 g/mol. The summed E-state index contributed by atoms with van der Waals surface area (Å²) in [4.78, 5) is 27.6. The lowest BCUT2D eigenvalue weighted by Gasteiger charge is -2.21. The van der Waals surface area contributed by atoms with Crippen molar-refractivity contribution in [2.75, 3.05) is 31.3 Å². The molecule has 0 fully saturated rings. The average Bonchev–Trinajstić information content (AvgIpc) is 3.34. The van der Waals surface area contributed by atoms with Gasteiger partial charge in [-0.25, -0.2) is 4.79 Å². The predicted octanol–water partition coefficient (Wildman–Crippen LogP) is 6.78. The summed E-state index contributed by atoms with van der Waals surface area (Å²) in [5.74, 6) is 2.36. The van der Waals surface area contributed by atoms with Gasteiger partial charge in [0.1, 0.15) is 17.1 Å². The lowest BCUT2D eigenvalue weighted by Crippen LogP contribution is -2.37. The molecule has 9 nitrogen and oxygen atoms in total. The zero-order chi connectivity index (χ0) is 28.9. The second-order valence-electron chi connectivity index (χ2n) is 10.3. The quantitative estimate of drug-likeness (QED) is 0.210. The minimum Gasteiger partial charge on any atom is -0.493 e. The Morgan fingerprint density at radius 1 is 0.951 bits per heavy atom. The maximum Gasteiger partial charge on any atom is 0.319 e. The first-order chi connectivity index (χ1) is 19.9. The van der Waals surface area contributed by atoms with Crippen LogP contribution in [-0.2, 0) is 13.0 Å². The fraction of sp³-hybridized carbons (Fsp3) is 0.312. The van der Waals surface area contributed by atoms with Crippen LogP contribution in [0, 0.1) is 0 Å². The number of ether oxygens (including phenoxy) is 2. The third-order valence-corrected chi connectivity index (χ3v) is 7.37. The summed E-state index contributed by atoms with van der Waals surface area (Å²) in [5.41, 5.74) is 3.78. The van der Waals surface area contributed by atoms with Gasteiger partial charge in [-0.2, -0.15) is 0 Å². The Kier molecular flexibility index (Phi) is 8.45. The van der Waals surface area contributed by atoms with Gasteiger partial charge in [0.2, 0.25) is 0 Å². The molecule has 3 N–H and O–H groups in total. The van der Waals surface area contributed by atoms with Gasteiger partial charge < -0.3 is 34.7 Å². The number of hydrogen-bond donors (Lipinski definition) is 3. The summed E-state index contributed by atoms with van der Waals surface area (Å²) in [6, 6.07) is 17.7. The Morgan fingerprint density at radius 2 is 1.71 bits per heavy atom. The van der Waals surface area contributed by atoms with E-state index in [2.05, 4.69) is 27.9 Å². The van der Waals surface area contributed by atoms with Crippen LogP contribution >= 0.6 is 0 Å². The highest BCUT2D eigenvalue weighted by molar-refractivity contribution is 6.06.